The summed E-state index contributed by atoms with van der Waals surface area (Å²) in [5.74, 6) is 0.300. The number of aliphatic imine (C=N–C) groups is 1. The molecule has 0 atom stereocenters. The Morgan fingerprint density at radius 3 is 2.58 bits per heavy atom. The number of hydrogen-bond acceptors (Lipinski definition) is 4. The maximum absolute atomic E-state index is 12.1. The van der Waals surface area contributed by atoms with Crippen LogP contribution in [0.1, 0.15) is 11.1 Å². The van der Waals surface area contributed by atoms with Crippen LogP contribution in [-0.4, -0.2) is 34.6 Å². The Balaban J connectivity index is 1.96. The summed E-state index contributed by atoms with van der Waals surface area (Å²) in [5.41, 5.74) is 8.74. The molecule has 0 radical (unpaired) electrons. The summed E-state index contributed by atoms with van der Waals surface area (Å²) in [6, 6.07) is 14.3. The van der Waals surface area contributed by atoms with E-state index >= 15 is 0 Å². The van der Waals surface area contributed by atoms with Crippen molar-refractivity contribution in [1.29, 1.82) is 0 Å². The van der Waals surface area contributed by atoms with Gasteiger partial charge in [-0.25, -0.2) is 18.1 Å². The van der Waals surface area contributed by atoms with Gasteiger partial charge in [0.25, 0.3) is 0 Å². The molecule has 0 unspecified atom stereocenters. The second-order valence-electron chi connectivity index (χ2n) is 5.73. The largest absolute Gasteiger partial charge is 0.383 e. The lowest BCUT2D eigenvalue weighted by atomic mass is 10.2. The van der Waals surface area contributed by atoms with Gasteiger partial charge in [0.05, 0.1) is 18.0 Å². The molecular formula is C18H24N4O3S. The van der Waals surface area contributed by atoms with Crippen LogP contribution in [0.2, 0.25) is 0 Å². The molecule has 0 fully saturated rings. The monoisotopic (exact) mass is 376 g/mol. The van der Waals surface area contributed by atoms with Crippen molar-refractivity contribution in [2.75, 3.05) is 25.6 Å². The second kappa shape index (κ2) is 9.33. The van der Waals surface area contributed by atoms with E-state index in [1.54, 1.807) is 24.3 Å². The van der Waals surface area contributed by atoms with Crippen LogP contribution in [-0.2, 0) is 21.3 Å². The number of rotatable bonds is 8. The molecule has 0 aliphatic heterocycles. The van der Waals surface area contributed by atoms with Crippen LogP contribution in [0.25, 0.3) is 0 Å². The maximum Gasteiger partial charge on any atom is 0.240 e. The first-order chi connectivity index (χ1) is 12.4. The number of nitrogens with one attached hydrogen (secondary N) is 2. The quantitative estimate of drug-likeness (QED) is 0.370. The zero-order chi connectivity index (χ0) is 19.0. The number of aryl methyl sites for hydroxylation is 1. The van der Waals surface area contributed by atoms with Gasteiger partial charge < -0.3 is 15.8 Å². The molecular weight excluding hydrogens is 352 g/mol. The number of anilines is 1. The zero-order valence-corrected chi connectivity index (χ0v) is 15.7. The zero-order valence-electron chi connectivity index (χ0n) is 14.9. The Bertz CT molecular complexity index is 849. The van der Waals surface area contributed by atoms with Crippen LogP contribution < -0.4 is 15.8 Å². The highest BCUT2D eigenvalue weighted by atomic mass is 32.2. The van der Waals surface area contributed by atoms with Gasteiger partial charge in [0.2, 0.25) is 10.0 Å². The van der Waals surface area contributed by atoms with Crippen molar-refractivity contribution in [2.45, 2.75) is 18.4 Å². The normalized spacial score (nSPS) is 12.2. The van der Waals surface area contributed by atoms with Gasteiger partial charge >= 0.3 is 0 Å². The highest BCUT2D eigenvalue weighted by Gasteiger charge is 2.12. The van der Waals surface area contributed by atoms with Crippen LogP contribution in [0.5, 0.6) is 0 Å². The first kappa shape index (κ1) is 19.9. The highest BCUT2D eigenvalue weighted by Crippen LogP contribution is 2.12. The van der Waals surface area contributed by atoms with Gasteiger partial charge in [0.1, 0.15) is 0 Å². The molecule has 0 aliphatic carbocycles. The van der Waals surface area contributed by atoms with Crippen LogP contribution in [0.4, 0.5) is 5.69 Å². The van der Waals surface area contributed by atoms with E-state index in [9.17, 15) is 8.42 Å². The molecule has 0 bridgehead atoms. The highest BCUT2D eigenvalue weighted by molar-refractivity contribution is 7.89. The Labute approximate surface area is 154 Å². The summed E-state index contributed by atoms with van der Waals surface area (Å²) in [5, 5.41) is 3.03. The SMILES string of the molecule is COCCNS(=O)(=O)c1ccc(CN=C(N)Nc2cccc(C)c2)cc1. The molecule has 140 valence electrons. The Kier molecular flexibility index (Phi) is 7.14. The van der Waals surface area contributed by atoms with E-state index in [2.05, 4.69) is 15.0 Å². The van der Waals surface area contributed by atoms with E-state index in [-0.39, 0.29) is 11.4 Å². The molecule has 0 heterocycles. The minimum atomic E-state index is -3.53. The van der Waals surface area contributed by atoms with E-state index < -0.39 is 10.0 Å². The third-order valence-electron chi connectivity index (χ3n) is 3.55. The van der Waals surface area contributed by atoms with Gasteiger partial charge in [0, 0.05) is 19.3 Å². The smallest absolute Gasteiger partial charge is 0.240 e. The summed E-state index contributed by atoms with van der Waals surface area (Å²) < 4.78 is 31.5. The lowest BCUT2D eigenvalue weighted by Crippen LogP contribution is -2.27. The van der Waals surface area contributed by atoms with Crippen LogP contribution in [0, 0.1) is 6.92 Å². The number of nitrogens with two attached hydrogens (primary N) is 1. The summed E-state index contributed by atoms with van der Waals surface area (Å²) >= 11 is 0. The topological polar surface area (TPSA) is 106 Å². The Hall–Kier alpha value is -2.42. The van der Waals surface area contributed by atoms with Crippen molar-refractivity contribution in [3.05, 3.63) is 59.7 Å². The van der Waals surface area contributed by atoms with Gasteiger partial charge in [-0.3, -0.25) is 0 Å². The van der Waals surface area contributed by atoms with Crippen molar-refractivity contribution in [3.8, 4) is 0 Å². The average Bonchev–Trinajstić information content (AvgIpc) is 2.60. The summed E-state index contributed by atoms with van der Waals surface area (Å²) in [6.07, 6.45) is 0. The summed E-state index contributed by atoms with van der Waals surface area (Å²) in [4.78, 5) is 4.47. The molecule has 2 rings (SSSR count). The van der Waals surface area contributed by atoms with Crippen molar-refractivity contribution in [2.24, 2.45) is 10.7 Å². The lowest BCUT2D eigenvalue weighted by Gasteiger charge is -2.08. The molecule has 4 N–H and O–H groups in total. The number of benzene rings is 2. The lowest BCUT2D eigenvalue weighted by molar-refractivity contribution is 0.204. The van der Waals surface area contributed by atoms with Gasteiger partial charge in [-0.05, 0) is 42.3 Å². The first-order valence-electron chi connectivity index (χ1n) is 8.12. The Morgan fingerprint density at radius 1 is 1.19 bits per heavy atom. The van der Waals surface area contributed by atoms with Crippen molar-refractivity contribution in [1.82, 2.24) is 4.72 Å². The Morgan fingerprint density at radius 2 is 1.92 bits per heavy atom. The molecule has 0 saturated carbocycles. The van der Waals surface area contributed by atoms with Crippen molar-refractivity contribution >= 4 is 21.7 Å². The van der Waals surface area contributed by atoms with Gasteiger partial charge in [-0.1, -0.05) is 24.3 Å². The molecule has 26 heavy (non-hydrogen) atoms. The summed E-state index contributed by atoms with van der Waals surface area (Å²) in [7, 11) is -2.01. The molecule has 0 amide bonds. The number of hydrogen-bond donors (Lipinski definition) is 3. The minimum Gasteiger partial charge on any atom is -0.383 e. The third kappa shape index (κ3) is 6.14. The van der Waals surface area contributed by atoms with Crippen LogP contribution in [0.3, 0.4) is 0 Å². The molecule has 2 aromatic carbocycles. The number of methoxy groups -OCH3 is 1. The van der Waals surface area contributed by atoms with E-state index in [0.717, 1.165) is 16.8 Å². The minimum absolute atomic E-state index is 0.201. The molecule has 0 aliphatic rings. The number of nitrogens with zero attached hydrogens (tertiary/aromatic N) is 1. The van der Waals surface area contributed by atoms with E-state index in [4.69, 9.17) is 10.5 Å². The van der Waals surface area contributed by atoms with Gasteiger partial charge in [-0.2, -0.15) is 0 Å². The van der Waals surface area contributed by atoms with E-state index in [1.165, 1.54) is 7.11 Å². The van der Waals surface area contributed by atoms with E-state index in [1.807, 2.05) is 31.2 Å². The van der Waals surface area contributed by atoms with Crippen molar-refractivity contribution < 1.29 is 13.2 Å². The van der Waals surface area contributed by atoms with E-state index in [0.29, 0.717) is 19.1 Å². The maximum atomic E-state index is 12.1. The third-order valence-corrected chi connectivity index (χ3v) is 5.03. The molecule has 8 heteroatoms. The predicted octanol–water partition coefficient (Wildman–Crippen LogP) is 1.85. The molecule has 0 saturated heterocycles. The van der Waals surface area contributed by atoms with Gasteiger partial charge in [-0.15, -0.1) is 0 Å². The molecule has 0 spiro atoms. The van der Waals surface area contributed by atoms with Crippen LogP contribution >= 0.6 is 0 Å². The number of guanidine groups is 1. The average molecular weight is 376 g/mol. The summed E-state index contributed by atoms with van der Waals surface area (Å²) in [6.45, 7) is 2.89. The van der Waals surface area contributed by atoms with Crippen LogP contribution in [0.15, 0.2) is 58.4 Å². The standard InChI is InChI=1S/C18H24N4O3S/c1-14-4-3-5-16(12-14)22-18(19)20-13-15-6-8-17(9-7-15)26(23,24)21-10-11-25-2/h3-9,12,21H,10-11,13H2,1-2H3,(H3,19,20,22). The first-order valence-corrected chi connectivity index (χ1v) is 9.60. The predicted molar refractivity (Wildman–Crippen MR) is 104 cm³/mol. The van der Waals surface area contributed by atoms with Crippen molar-refractivity contribution in [3.63, 3.8) is 0 Å². The number of ether oxygens (including phenoxy) is 1. The molecule has 2 aromatic rings. The molecule has 7 nitrogen and oxygen atoms in total. The fourth-order valence-corrected chi connectivity index (χ4v) is 3.24. The van der Waals surface area contributed by atoms with Gasteiger partial charge in [0.15, 0.2) is 5.96 Å². The fourth-order valence-electron chi connectivity index (χ4n) is 2.22. The second-order valence-corrected chi connectivity index (χ2v) is 7.50. The number of sulfonamides is 1. The molecule has 0 aromatic heterocycles. The fraction of sp³-hybridized carbons (Fsp3) is 0.278.